The molecule has 1 N–H and O–H groups in total. The number of carbonyl (C=O) groups excluding carboxylic acids is 1. The van der Waals surface area contributed by atoms with E-state index in [4.69, 9.17) is 4.74 Å². The van der Waals surface area contributed by atoms with E-state index in [1.54, 1.807) is 43.5 Å². The van der Waals surface area contributed by atoms with Crippen LogP contribution >= 0.6 is 0 Å². The molecule has 1 saturated carbocycles. The van der Waals surface area contributed by atoms with Crippen LogP contribution in [0.25, 0.3) is 0 Å². The SMILES string of the molecule is COc1ccc(N(Cc2ccccc2)S(=O)(=O)c2cccc(C(=O)NC(C)C3CC3)c2)cc1. The standard InChI is InChI=1S/C26H28N2O4S/c1-19(21-11-12-21)27-26(29)22-9-6-10-25(17-22)33(30,31)28(18-20-7-4-3-5-8-20)23-13-15-24(32-2)16-14-23/h3-10,13-17,19,21H,11-12,18H2,1-2H3,(H,27,29). The first-order valence-corrected chi connectivity index (χ1v) is 12.4. The molecular weight excluding hydrogens is 436 g/mol. The first-order chi connectivity index (χ1) is 15.9. The van der Waals surface area contributed by atoms with Crippen molar-refractivity contribution < 1.29 is 17.9 Å². The molecule has 1 unspecified atom stereocenters. The maximum Gasteiger partial charge on any atom is 0.264 e. The maximum absolute atomic E-state index is 13.8. The molecule has 1 fully saturated rings. The number of amides is 1. The van der Waals surface area contributed by atoms with E-state index in [1.807, 2.05) is 37.3 Å². The topological polar surface area (TPSA) is 75.7 Å². The van der Waals surface area contributed by atoms with Crippen molar-refractivity contribution in [2.75, 3.05) is 11.4 Å². The van der Waals surface area contributed by atoms with Crippen LogP contribution in [-0.2, 0) is 16.6 Å². The molecule has 0 spiro atoms. The summed E-state index contributed by atoms with van der Waals surface area (Å²) in [6.07, 6.45) is 2.23. The quantitative estimate of drug-likeness (QED) is 0.501. The van der Waals surface area contributed by atoms with Crippen LogP contribution in [0.3, 0.4) is 0 Å². The average Bonchev–Trinajstić information content (AvgIpc) is 3.69. The molecule has 172 valence electrons. The molecule has 0 aromatic heterocycles. The monoisotopic (exact) mass is 464 g/mol. The molecule has 0 aliphatic heterocycles. The van der Waals surface area contributed by atoms with Crippen LogP contribution in [0.2, 0.25) is 0 Å². The summed E-state index contributed by atoms with van der Waals surface area (Å²) in [5, 5.41) is 2.99. The lowest BCUT2D eigenvalue weighted by Crippen LogP contribution is -2.34. The first-order valence-electron chi connectivity index (χ1n) is 11.0. The minimum absolute atomic E-state index is 0.0703. The molecule has 3 aromatic carbocycles. The number of nitrogens with one attached hydrogen (secondary N) is 1. The van der Waals surface area contributed by atoms with Crippen molar-refractivity contribution >= 4 is 21.6 Å². The third-order valence-corrected chi connectivity index (χ3v) is 7.67. The Morgan fingerprint density at radius 3 is 2.36 bits per heavy atom. The molecule has 3 aromatic rings. The maximum atomic E-state index is 13.8. The van der Waals surface area contributed by atoms with Crippen LogP contribution in [0, 0.1) is 5.92 Å². The fraction of sp³-hybridized carbons (Fsp3) is 0.269. The second-order valence-corrected chi connectivity index (χ2v) is 10.2. The summed E-state index contributed by atoms with van der Waals surface area (Å²) in [4.78, 5) is 12.8. The minimum atomic E-state index is -3.95. The zero-order chi connectivity index (χ0) is 23.4. The molecule has 1 aliphatic carbocycles. The molecule has 0 radical (unpaired) electrons. The van der Waals surface area contributed by atoms with Gasteiger partial charge in [-0.15, -0.1) is 0 Å². The summed E-state index contributed by atoms with van der Waals surface area (Å²) < 4.78 is 34.1. The van der Waals surface area contributed by atoms with Crippen molar-refractivity contribution in [1.29, 1.82) is 0 Å². The predicted molar refractivity (Wildman–Crippen MR) is 129 cm³/mol. The minimum Gasteiger partial charge on any atom is -0.497 e. The van der Waals surface area contributed by atoms with Crippen LogP contribution in [0.15, 0.2) is 83.8 Å². The Morgan fingerprint density at radius 2 is 1.73 bits per heavy atom. The van der Waals surface area contributed by atoms with E-state index in [9.17, 15) is 13.2 Å². The van der Waals surface area contributed by atoms with E-state index in [0.717, 1.165) is 18.4 Å². The molecule has 4 rings (SSSR count). The van der Waals surface area contributed by atoms with Crippen LogP contribution in [-0.4, -0.2) is 27.5 Å². The molecule has 0 saturated heterocycles. The van der Waals surface area contributed by atoms with E-state index in [0.29, 0.717) is 22.9 Å². The first kappa shape index (κ1) is 22.9. The molecule has 1 atom stereocenters. The third kappa shape index (κ3) is 5.37. The van der Waals surface area contributed by atoms with Gasteiger partial charge in [0.05, 0.1) is 24.2 Å². The number of hydrogen-bond acceptors (Lipinski definition) is 4. The zero-order valence-electron chi connectivity index (χ0n) is 18.8. The van der Waals surface area contributed by atoms with Crippen molar-refractivity contribution in [1.82, 2.24) is 5.32 Å². The van der Waals surface area contributed by atoms with E-state index in [2.05, 4.69) is 5.32 Å². The van der Waals surface area contributed by atoms with Gasteiger partial charge >= 0.3 is 0 Å². The van der Waals surface area contributed by atoms with Crippen LogP contribution in [0.1, 0.15) is 35.7 Å². The normalized spacial score (nSPS) is 14.4. The number of methoxy groups -OCH3 is 1. The molecule has 0 heterocycles. The number of benzene rings is 3. The number of ether oxygens (including phenoxy) is 1. The molecule has 33 heavy (non-hydrogen) atoms. The highest BCUT2D eigenvalue weighted by molar-refractivity contribution is 7.92. The number of hydrogen-bond donors (Lipinski definition) is 1. The number of anilines is 1. The Kier molecular flexibility index (Phi) is 6.70. The smallest absolute Gasteiger partial charge is 0.264 e. The van der Waals surface area contributed by atoms with Gasteiger partial charge in [0.15, 0.2) is 0 Å². The Balaban J connectivity index is 1.67. The fourth-order valence-corrected chi connectivity index (χ4v) is 5.24. The second kappa shape index (κ2) is 9.67. The van der Waals surface area contributed by atoms with Crippen molar-refractivity contribution in [2.24, 2.45) is 5.92 Å². The van der Waals surface area contributed by atoms with Gasteiger partial charge in [-0.25, -0.2) is 8.42 Å². The molecular formula is C26H28N2O4S. The summed E-state index contributed by atoms with van der Waals surface area (Å²) in [5.41, 5.74) is 1.69. The van der Waals surface area contributed by atoms with Gasteiger partial charge in [0.2, 0.25) is 0 Å². The largest absolute Gasteiger partial charge is 0.497 e. The number of rotatable bonds is 9. The number of nitrogens with zero attached hydrogens (tertiary/aromatic N) is 1. The predicted octanol–water partition coefficient (Wildman–Crippen LogP) is 4.62. The Bertz CT molecular complexity index is 1210. The Labute approximate surface area is 195 Å². The highest BCUT2D eigenvalue weighted by Crippen LogP contribution is 2.32. The lowest BCUT2D eigenvalue weighted by molar-refractivity contribution is 0.0935. The van der Waals surface area contributed by atoms with Gasteiger partial charge in [0, 0.05) is 11.6 Å². The summed E-state index contributed by atoms with van der Waals surface area (Å²) in [7, 11) is -2.38. The van der Waals surface area contributed by atoms with Gasteiger partial charge in [-0.05, 0) is 73.7 Å². The molecule has 1 amide bonds. The second-order valence-electron chi connectivity index (χ2n) is 8.32. The van der Waals surface area contributed by atoms with E-state index in [1.165, 1.54) is 16.4 Å². The summed E-state index contributed by atoms with van der Waals surface area (Å²) in [6, 6.07) is 22.6. The Hall–Kier alpha value is -3.32. The lowest BCUT2D eigenvalue weighted by Gasteiger charge is -2.25. The highest BCUT2D eigenvalue weighted by Gasteiger charge is 2.30. The number of carbonyl (C=O) groups is 1. The van der Waals surface area contributed by atoms with Crippen molar-refractivity contribution in [3.05, 3.63) is 90.0 Å². The molecule has 7 heteroatoms. The van der Waals surface area contributed by atoms with Crippen LogP contribution in [0.5, 0.6) is 5.75 Å². The number of sulfonamides is 1. The van der Waals surface area contributed by atoms with Gasteiger partial charge in [-0.2, -0.15) is 0 Å². The third-order valence-electron chi connectivity index (χ3n) is 5.90. The average molecular weight is 465 g/mol. The van der Waals surface area contributed by atoms with Gasteiger partial charge in [-0.1, -0.05) is 36.4 Å². The lowest BCUT2D eigenvalue weighted by atomic mass is 10.1. The molecule has 6 nitrogen and oxygen atoms in total. The van der Waals surface area contributed by atoms with Crippen LogP contribution < -0.4 is 14.4 Å². The van der Waals surface area contributed by atoms with Crippen molar-refractivity contribution in [3.63, 3.8) is 0 Å². The van der Waals surface area contributed by atoms with E-state index in [-0.39, 0.29) is 23.4 Å². The molecule has 1 aliphatic rings. The molecule has 0 bridgehead atoms. The van der Waals surface area contributed by atoms with Crippen LogP contribution in [0.4, 0.5) is 5.69 Å². The van der Waals surface area contributed by atoms with Crippen molar-refractivity contribution in [2.45, 2.75) is 37.2 Å². The van der Waals surface area contributed by atoms with Gasteiger partial charge in [0.25, 0.3) is 15.9 Å². The Morgan fingerprint density at radius 1 is 1.03 bits per heavy atom. The van der Waals surface area contributed by atoms with E-state index < -0.39 is 10.0 Å². The summed E-state index contributed by atoms with van der Waals surface area (Å²) >= 11 is 0. The van der Waals surface area contributed by atoms with Gasteiger partial charge in [0.1, 0.15) is 5.75 Å². The van der Waals surface area contributed by atoms with Gasteiger partial charge in [-0.3, -0.25) is 9.10 Å². The van der Waals surface area contributed by atoms with E-state index >= 15 is 0 Å². The zero-order valence-corrected chi connectivity index (χ0v) is 19.6. The summed E-state index contributed by atoms with van der Waals surface area (Å²) in [6.45, 7) is 2.14. The highest BCUT2D eigenvalue weighted by atomic mass is 32.2. The summed E-state index contributed by atoms with van der Waals surface area (Å²) in [5.74, 6) is 0.891. The van der Waals surface area contributed by atoms with Gasteiger partial charge < -0.3 is 10.1 Å². The fourth-order valence-electron chi connectivity index (χ4n) is 3.74. The van der Waals surface area contributed by atoms with Crippen molar-refractivity contribution in [3.8, 4) is 5.75 Å².